The van der Waals surface area contributed by atoms with Crippen molar-refractivity contribution in [2.24, 2.45) is 5.92 Å². The van der Waals surface area contributed by atoms with Crippen molar-refractivity contribution in [2.45, 2.75) is 18.5 Å². The summed E-state index contributed by atoms with van der Waals surface area (Å²) in [6.07, 6.45) is 1.78. The number of halogens is 2. The fourth-order valence-electron chi connectivity index (χ4n) is 5.66. The Kier molecular flexibility index (Phi) is 6.53. The van der Waals surface area contributed by atoms with Gasteiger partial charge in [0.2, 0.25) is 5.91 Å². The lowest BCUT2D eigenvalue weighted by molar-refractivity contribution is -0.136. The summed E-state index contributed by atoms with van der Waals surface area (Å²) in [6, 6.07) is 6.93. The van der Waals surface area contributed by atoms with Crippen LogP contribution in [0.25, 0.3) is 11.0 Å². The number of fused-ring (bicyclic) bond motifs is 2. The number of carbonyl (C=O) groups is 1. The molecule has 3 aromatic rings. The van der Waals surface area contributed by atoms with Gasteiger partial charge in [-0.2, -0.15) is 0 Å². The predicted molar refractivity (Wildman–Crippen MR) is 132 cm³/mol. The zero-order valence-electron chi connectivity index (χ0n) is 20.6. The quantitative estimate of drug-likeness (QED) is 0.523. The van der Waals surface area contributed by atoms with Crippen LogP contribution >= 0.6 is 0 Å². The van der Waals surface area contributed by atoms with Crippen LogP contribution in [0.5, 0.6) is 11.5 Å². The first-order valence-corrected chi connectivity index (χ1v) is 12.6. The number of piperidine rings is 1. The molecule has 3 aliphatic heterocycles. The highest BCUT2D eigenvalue weighted by atomic mass is 19.1. The third kappa shape index (κ3) is 4.56. The molecule has 37 heavy (non-hydrogen) atoms. The Hall–Kier alpha value is -3.12. The molecule has 6 rings (SSSR count). The number of amides is 1. The van der Waals surface area contributed by atoms with Gasteiger partial charge in [-0.3, -0.25) is 15.1 Å². The van der Waals surface area contributed by atoms with E-state index in [4.69, 9.17) is 9.47 Å². The molecule has 0 bridgehead atoms. The first-order chi connectivity index (χ1) is 18.0. The van der Waals surface area contributed by atoms with Crippen molar-refractivity contribution in [3.8, 4) is 11.5 Å². The molecule has 0 aliphatic carbocycles. The van der Waals surface area contributed by atoms with Gasteiger partial charge in [0.15, 0.2) is 17.3 Å². The van der Waals surface area contributed by atoms with Crippen LogP contribution in [0.1, 0.15) is 11.5 Å². The number of hydrazine groups is 1. The summed E-state index contributed by atoms with van der Waals surface area (Å²) >= 11 is 0. The first-order valence-electron chi connectivity index (χ1n) is 12.6. The lowest BCUT2D eigenvalue weighted by Gasteiger charge is -2.38. The topological polar surface area (TPSA) is 83.9 Å². The standard InChI is InChI=1S/C26H30F2N6O3/c1-32-14-19(18-13-30-31-23(18)26(32)35)17-3-4-21-24(25(17)37-22-5-2-16(27)12-20(22)28)29-15-34(21)7-6-33-8-10-36-11-9-33/h2-5,12,15,18-19,23,30-31H,6-11,13-14H2,1H3. The minimum Gasteiger partial charge on any atom is -0.452 e. The molecule has 0 radical (unpaired) electrons. The molecule has 0 spiro atoms. The number of likely N-dealkylation sites (N-methyl/N-ethyl adjacent to an activating group) is 1. The molecule has 11 heteroatoms. The van der Waals surface area contributed by atoms with Crippen LogP contribution in [-0.2, 0) is 16.1 Å². The third-order valence-electron chi connectivity index (χ3n) is 7.70. The summed E-state index contributed by atoms with van der Waals surface area (Å²) in [5.41, 5.74) is 8.53. The van der Waals surface area contributed by atoms with Gasteiger partial charge in [0.05, 0.1) is 25.1 Å². The predicted octanol–water partition coefficient (Wildman–Crippen LogP) is 2.09. The molecule has 2 N–H and O–H groups in total. The van der Waals surface area contributed by atoms with Crippen LogP contribution < -0.4 is 15.6 Å². The molecule has 3 unspecified atom stereocenters. The number of nitrogens with one attached hydrogen (secondary N) is 2. The Morgan fingerprint density at radius 3 is 2.81 bits per heavy atom. The lowest BCUT2D eigenvalue weighted by atomic mass is 9.78. The fraction of sp³-hybridized carbons (Fsp3) is 0.462. The Morgan fingerprint density at radius 1 is 1.16 bits per heavy atom. The average Bonchev–Trinajstić information content (AvgIpc) is 3.55. The van der Waals surface area contributed by atoms with Crippen LogP contribution in [0.2, 0.25) is 0 Å². The number of hydrogen-bond donors (Lipinski definition) is 2. The average molecular weight is 513 g/mol. The van der Waals surface area contributed by atoms with Gasteiger partial charge in [-0.05, 0) is 18.2 Å². The number of morpholine rings is 1. The minimum atomic E-state index is -0.785. The molecule has 196 valence electrons. The van der Waals surface area contributed by atoms with Crippen molar-refractivity contribution in [1.29, 1.82) is 0 Å². The van der Waals surface area contributed by atoms with Crippen LogP contribution in [0, 0.1) is 17.6 Å². The van der Waals surface area contributed by atoms with E-state index in [0.717, 1.165) is 56.5 Å². The molecule has 1 aromatic heterocycles. The van der Waals surface area contributed by atoms with Crippen LogP contribution in [-0.4, -0.2) is 84.3 Å². The molecule has 3 atom stereocenters. The number of nitrogens with zero attached hydrogens (tertiary/aromatic N) is 4. The second kappa shape index (κ2) is 9.97. The largest absolute Gasteiger partial charge is 0.452 e. The van der Waals surface area contributed by atoms with E-state index in [1.54, 1.807) is 18.3 Å². The fourth-order valence-corrected chi connectivity index (χ4v) is 5.66. The van der Waals surface area contributed by atoms with Crippen molar-refractivity contribution in [3.05, 3.63) is 53.9 Å². The molecule has 3 fully saturated rings. The molecule has 3 saturated heterocycles. The summed E-state index contributed by atoms with van der Waals surface area (Å²) in [7, 11) is 1.78. The zero-order valence-corrected chi connectivity index (χ0v) is 20.6. The van der Waals surface area contributed by atoms with Crippen molar-refractivity contribution >= 4 is 16.9 Å². The Balaban J connectivity index is 1.39. The SMILES string of the molecule is CN1CC(c2ccc3c(ncn3CCN3CCOCC3)c2Oc2ccc(F)cc2F)C2CNNC2C1=O. The first kappa shape index (κ1) is 24.2. The van der Waals surface area contributed by atoms with Crippen molar-refractivity contribution in [3.63, 3.8) is 0 Å². The molecular formula is C26H30F2N6O3. The Morgan fingerprint density at radius 2 is 2.00 bits per heavy atom. The normalized spacial score (nSPS) is 24.6. The highest BCUT2D eigenvalue weighted by Gasteiger charge is 2.46. The number of likely N-dealkylation sites (tertiary alicyclic amines) is 1. The van der Waals surface area contributed by atoms with Gasteiger partial charge in [0.1, 0.15) is 17.4 Å². The van der Waals surface area contributed by atoms with Gasteiger partial charge in [0, 0.05) is 69.8 Å². The zero-order chi connectivity index (χ0) is 25.5. The van der Waals surface area contributed by atoms with Crippen molar-refractivity contribution in [2.75, 3.05) is 53.0 Å². The number of ether oxygens (including phenoxy) is 2. The molecule has 3 aliphatic rings. The molecular weight excluding hydrogens is 482 g/mol. The van der Waals surface area contributed by atoms with E-state index in [1.807, 2.05) is 12.1 Å². The summed E-state index contributed by atoms with van der Waals surface area (Å²) in [5.74, 6) is -1.14. The molecule has 4 heterocycles. The van der Waals surface area contributed by atoms with E-state index in [1.165, 1.54) is 12.1 Å². The summed E-state index contributed by atoms with van der Waals surface area (Å²) in [5, 5.41) is 0. The van der Waals surface area contributed by atoms with Gasteiger partial charge >= 0.3 is 0 Å². The van der Waals surface area contributed by atoms with E-state index < -0.39 is 11.6 Å². The summed E-state index contributed by atoms with van der Waals surface area (Å²) in [4.78, 5) is 21.5. The highest BCUT2D eigenvalue weighted by Crippen LogP contribution is 2.43. The third-order valence-corrected chi connectivity index (χ3v) is 7.70. The van der Waals surface area contributed by atoms with Crippen LogP contribution in [0.15, 0.2) is 36.7 Å². The number of rotatable bonds is 6. The van der Waals surface area contributed by atoms with Gasteiger partial charge in [-0.15, -0.1) is 0 Å². The maximum Gasteiger partial charge on any atom is 0.241 e. The van der Waals surface area contributed by atoms with Crippen LogP contribution in [0.3, 0.4) is 0 Å². The number of carbonyl (C=O) groups excluding carboxylic acids is 1. The highest BCUT2D eigenvalue weighted by molar-refractivity contribution is 5.86. The van der Waals surface area contributed by atoms with Gasteiger partial charge in [-0.1, -0.05) is 6.07 Å². The Labute approximate surface area is 213 Å². The molecule has 1 amide bonds. The molecule has 9 nitrogen and oxygen atoms in total. The van der Waals surface area contributed by atoms with E-state index in [9.17, 15) is 13.6 Å². The van der Waals surface area contributed by atoms with Crippen molar-refractivity contribution in [1.82, 2.24) is 30.2 Å². The van der Waals surface area contributed by atoms with E-state index >= 15 is 0 Å². The number of benzene rings is 2. The smallest absolute Gasteiger partial charge is 0.241 e. The monoisotopic (exact) mass is 512 g/mol. The second-order valence-electron chi connectivity index (χ2n) is 9.91. The lowest BCUT2D eigenvalue weighted by Crippen LogP contribution is -2.53. The number of aromatic nitrogens is 2. The van der Waals surface area contributed by atoms with E-state index in [2.05, 4.69) is 25.3 Å². The second-order valence-corrected chi connectivity index (χ2v) is 9.91. The van der Waals surface area contributed by atoms with E-state index in [-0.39, 0.29) is 29.5 Å². The van der Waals surface area contributed by atoms with Gasteiger partial charge in [-0.25, -0.2) is 19.2 Å². The van der Waals surface area contributed by atoms with Crippen LogP contribution in [0.4, 0.5) is 8.78 Å². The Bertz CT molecular complexity index is 1310. The van der Waals surface area contributed by atoms with E-state index in [0.29, 0.717) is 24.4 Å². The number of hydrogen-bond acceptors (Lipinski definition) is 7. The number of imidazole rings is 1. The maximum absolute atomic E-state index is 14.7. The minimum absolute atomic E-state index is 0.00929. The van der Waals surface area contributed by atoms with Crippen molar-refractivity contribution < 1.29 is 23.0 Å². The maximum atomic E-state index is 14.7. The summed E-state index contributed by atoms with van der Waals surface area (Å²) < 4.78 is 42.0. The molecule has 2 aromatic carbocycles. The summed E-state index contributed by atoms with van der Waals surface area (Å²) in [6.45, 7) is 5.97. The molecule has 0 saturated carbocycles. The van der Waals surface area contributed by atoms with Gasteiger partial charge in [0.25, 0.3) is 0 Å². The van der Waals surface area contributed by atoms with Gasteiger partial charge < -0.3 is 18.9 Å².